The minimum absolute atomic E-state index is 0.380. The van der Waals surface area contributed by atoms with E-state index in [2.05, 4.69) is 14.1 Å². The summed E-state index contributed by atoms with van der Waals surface area (Å²) in [6, 6.07) is 2.40. The molecule has 0 saturated carbocycles. The van der Waals surface area contributed by atoms with Gasteiger partial charge in [-0.05, 0) is 24.2 Å². The van der Waals surface area contributed by atoms with Gasteiger partial charge in [-0.15, -0.1) is 0 Å². The highest BCUT2D eigenvalue weighted by molar-refractivity contribution is 6.99. The topological polar surface area (TPSA) is 37.8 Å². The van der Waals surface area contributed by atoms with Gasteiger partial charge in [-0.3, -0.25) is 0 Å². The molecule has 0 fully saturated rings. The van der Waals surface area contributed by atoms with E-state index in [4.69, 9.17) is 0 Å². The number of rotatable bonds is 4. The minimum Gasteiger partial charge on any atom is -0.305 e. The summed E-state index contributed by atoms with van der Waals surface area (Å²) in [5, 5.41) is 3.04. The number of hydrogen-bond acceptors (Lipinski definition) is 4. The first kappa shape index (κ1) is 14.9. The van der Waals surface area contributed by atoms with Crippen molar-refractivity contribution in [3.05, 3.63) is 47.0 Å². The third kappa shape index (κ3) is 3.13. The molecule has 1 aromatic heterocycles. The lowest BCUT2D eigenvalue weighted by atomic mass is 10.0. The Balaban J connectivity index is 2.38. The first-order valence-electron chi connectivity index (χ1n) is 5.81. The van der Waals surface area contributed by atoms with Crippen molar-refractivity contribution in [2.24, 2.45) is 0 Å². The summed E-state index contributed by atoms with van der Waals surface area (Å²) in [6.07, 6.45) is -3.19. The van der Waals surface area contributed by atoms with Crippen molar-refractivity contribution in [1.29, 1.82) is 0 Å². The summed E-state index contributed by atoms with van der Waals surface area (Å²) in [7, 11) is 0. The molecule has 20 heavy (non-hydrogen) atoms. The first-order chi connectivity index (χ1) is 9.43. The van der Waals surface area contributed by atoms with Gasteiger partial charge < -0.3 is 5.32 Å². The molecule has 2 aromatic rings. The number of halogens is 4. The molecule has 1 unspecified atom stereocenters. The molecule has 0 bridgehead atoms. The smallest absolute Gasteiger partial charge is 0.305 e. The molecule has 0 spiro atoms. The number of nitrogens with one attached hydrogen (secondary N) is 1. The molecule has 0 radical (unpaired) electrons. The number of alkyl halides is 3. The molecular formula is C12H11F4N3S. The molecule has 2 rings (SSSR count). The molecule has 1 heterocycles. The van der Waals surface area contributed by atoms with Gasteiger partial charge >= 0.3 is 6.18 Å². The van der Waals surface area contributed by atoms with E-state index in [1.165, 1.54) is 12.3 Å². The fraction of sp³-hybridized carbons (Fsp3) is 0.333. The Bertz CT molecular complexity index is 569. The predicted octanol–water partition coefficient (Wildman–Crippen LogP) is 3.39. The van der Waals surface area contributed by atoms with Crippen LogP contribution < -0.4 is 5.32 Å². The van der Waals surface area contributed by atoms with Crippen LogP contribution in [-0.4, -0.2) is 15.3 Å². The van der Waals surface area contributed by atoms with Crippen molar-refractivity contribution in [3.63, 3.8) is 0 Å². The second kappa shape index (κ2) is 5.84. The van der Waals surface area contributed by atoms with E-state index in [1.54, 1.807) is 0 Å². The van der Waals surface area contributed by atoms with E-state index >= 15 is 0 Å². The normalized spacial score (nSPS) is 13.4. The van der Waals surface area contributed by atoms with Crippen molar-refractivity contribution in [3.8, 4) is 0 Å². The van der Waals surface area contributed by atoms with E-state index in [0.29, 0.717) is 17.8 Å². The van der Waals surface area contributed by atoms with Gasteiger partial charge in [0.15, 0.2) is 0 Å². The molecular weight excluding hydrogens is 294 g/mol. The van der Waals surface area contributed by atoms with Gasteiger partial charge in [0.25, 0.3) is 0 Å². The molecule has 0 saturated heterocycles. The highest BCUT2D eigenvalue weighted by atomic mass is 32.1. The standard InChI is InChI=1S/C12H11F4N3S/c1-2-17-11(10-6-18-20-19-10)7-3-4-8(9(13)5-7)12(14,15)16/h3-6,11,17H,2H2,1H3. The summed E-state index contributed by atoms with van der Waals surface area (Å²) < 4.78 is 59.1. The number of benzene rings is 1. The molecule has 0 aliphatic rings. The van der Waals surface area contributed by atoms with E-state index < -0.39 is 23.6 Å². The zero-order valence-electron chi connectivity index (χ0n) is 10.4. The van der Waals surface area contributed by atoms with Gasteiger partial charge in [0.2, 0.25) is 0 Å². The van der Waals surface area contributed by atoms with Crippen LogP contribution >= 0.6 is 11.7 Å². The number of nitrogens with zero attached hydrogens (tertiary/aromatic N) is 2. The van der Waals surface area contributed by atoms with Crippen LogP contribution in [0, 0.1) is 5.82 Å². The second-order valence-electron chi connectivity index (χ2n) is 4.06. The van der Waals surface area contributed by atoms with Crippen LogP contribution in [0.4, 0.5) is 17.6 Å². The molecule has 1 atom stereocenters. The van der Waals surface area contributed by atoms with Gasteiger partial charge in [-0.1, -0.05) is 13.0 Å². The van der Waals surface area contributed by atoms with Crippen LogP contribution in [0.25, 0.3) is 0 Å². The maximum Gasteiger partial charge on any atom is 0.419 e. The van der Waals surface area contributed by atoms with Gasteiger partial charge in [0, 0.05) is 0 Å². The second-order valence-corrected chi connectivity index (χ2v) is 4.62. The molecule has 3 nitrogen and oxygen atoms in total. The number of aromatic nitrogens is 2. The van der Waals surface area contributed by atoms with Crippen LogP contribution in [0.2, 0.25) is 0 Å². The summed E-state index contributed by atoms with van der Waals surface area (Å²) in [5.41, 5.74) is -0.339. The quantitative estimate of drug-likeness (QED) is 0.880. The van der Waals surface area contributed by atoms with E-state index in [9.17, 15) is 17.6 Å². The molecule has 108 valence electrons. The average Bonchev–Trinajstić information content (AvgIpc) is 2.87. The van der Waals surface area contributed by atoms with Crippen molar-refractivity contribution < 1.29 is 17.6 Å². The monoisotopic (exact) mass is 305 g/mol. The van der Waals surface area contributed by atoms with Crippen LogP contribution in [0.5, 0.6) is 0 Å². The Labute approximate surface area is 117 Å². The maximum absolute atomic E-state index is 13.6. The highest BCUT2D eigenvalue weighted by Gasteiger charge is 2.34. The van der Waals surface area contributed by atoms with Crippen molar-refractivity contribution in [2.45, 2.75) is 19.1 Å². The molecule has 0 amide bonds. The van der Waals surface area contributed by atoms with Gasteiger partial charge in [0.05, 0.1) is 35.2 Å². The number of hydrogen-bond donors (Lipinski definition) is 1. The zero-order valence-corrected chi connectivity index (χ0v) is 11.2. The summed E-state index contributed by atoms with van der Waals surface area (Å²) >= 11 is 0.986. The fourth-order valence-corrected chi connectivity index (χ4v) is 2.29. The molecule has 0 aliphatic heterocycles. The predicted molar refractivity (Wildman–Crippen MR) is 66.8 cm³/mol. The first-order valence-corrected chi connectivity index (χ1v) is 6.54. The zero-order chi connectivity index (χ0) is 14.8. The van der Waals surface area contributed by atoms with Crippen LogP contribution in [-0.2, 0) is 6.18 Å². The third-order valence-electron chi connectivity index (χ3n) is 2.71. The van der Waals surface area contributed by atoms with Gasteiger partial charge in [0.1, 0.15) is 5.82 Å². The fourth-order valence-electron chi connectivity index (χ4n) is 1.84. The van der Waals surface area contributed by atoms with Gasteiger partial charge in [-0.25, -0.2) is 4.39 Å². The Morgan fingerprint density at radius 3 is 2.60 bits per heavy atom. The van der Waals surface area contributed by atoms with Gasteiger partial charge in [-0.2, -0.15) is 21.9 Å². The largest absolute Gasteiger partial charge is 0.419 e. The van der Waals surface area contributed by atoms with Crippen molar-refractivity contribution >= 4 is 11.7 Å². The third-order valence-corrected chi connectivity index (χ3v) is 3.21. The molecule has 1 N–H and O–H groups in total. The molecule has 1 aromatic carbocycles. The Kier molecular flexibility index (Phi) is 4.34. The molecule has 8 heteroatoms. The highest BCUT2D eigenvalue weighted by Crippen LogP contribution is 2.33. The van der Waals surface area contributed by atoms with E-state index in [-0.39, 0.29) is 0 Å². The maximum atomic E-state index is 13.6. The molecule has 0 aliphatic carbocycles. The Morgan fingerprint density at radius 1 is 1.35 bits per heavy atom. The SMILES string of the molecule is CCNC(c1ccc(C(F)(F)F)c(F)c1)c1cnsn1. The van der Waals surface area contributed by atoms with E-state index in [1.807, 2.05) is 6.92 Å². The lowest BCUT2D eigenvalue weighted by Gasteiger charge is -2.17. The van der Waals surface area contributed by atoms with Crippen molar-refractivity contribution in [1.82, 2.24) is 14.1 Å². The average molecular weight is 305 g/mol. The summed E-state index contributed by atoms with van der Waals surface area (Å²) in [4.78, 5) is 0. The summed E-state index contributed by atoms with van der Waals surface area (Å²) in [5.74, 6) is -1.29. The van der Waals surface area contributed by atoms with Crippen molar-refractivity contribution in [2.75, 3.05) is 6.54 Å². The Morgan fingerprint density at radius 2 is 2.10 bits per heavy atom. The lowest BCUT2D eigenvalue weighted by Crippen LogP contribution is -2.22. The van der Waals surface area contributed by atoms with Crippen LogP contribution in [0.3, 0.4) is 0 Å². The lowest BCUT2D eigenvalue weighted by molar-refractivity contribution is -0.140. The van der Waals surface area contributed by atoms with Crippen LogP contribution in [0.1, 0.15) is 29.8 Å². The Hall–Kier alpha value is -1.54. The minimum atomic E-state index is -4.70. The van der Waals surface area contributed by atoms with E-state index in [0.717, 1.165) is 23.9 Å². The summed E-state index contributed by atoms with van der Waals surface area (Å²) in [6.45, 7) is 2.40. The van der Waals surface area contributed by atoms with Crippen LogP contribution in [0.15, 0.2) is 24.4 Å².